The topological polar surface area (TPSA) is 90.7 Å². The van der Waals surface area contributed by atoms with Gasteiger partial charge >= 0.3 is 0 Å². The minimum atomic E-state index is -0.0242. The van der Waals surface area contributed by atoms with Gasteiger partial charge in [-0.25, -0.2) is 0 Å². The molecule has 0 spiro atoms. The number of nitrogens with zero attached hydrogens (tertiary/aromatic N) is 4. The van der Waals surface area contributed by atoms with Gasteiger partial charge in [0.05, 0.1) is 38.0 Å². The first-order valence-electron chi connectivity index (χ1n) is 10.2. The lowest BCUT2D eigenvalue weighted by Gasteiger charge is -2.28. The molecule has 170 valence electrons. The average molecular weight is 569 g/mol. The second kappa shape index (κ2) is 10.1. The SMILES string of the molecule is CCOc1nc(Nc2ccc(C(=O)N3CCOCC3)c(C)c2OC)nc2c1ccn2SI. The highest BCUT2D eigenvalue weighted by Crippen LogP contribution is 2.35. The van der Waals surface area contributed by atoms with Crippen molar-refractivity contribution >= 4 is 58.9 Å². The van der Waals surface area contributed by atoms with Crippen LogP contribution < -0.4 is 14.8 Å². The highest BCUT2D eigenvalue weighted by molar-refractivity contribution is 14.2. The number of carbonyl (C=O) groups is 1. The number of halogens is 1. The lowest BCUT2D eigenvalue weighted by Crippen LogP contribution is -2.41. The van der Waals surface area contributed by atoms with Crippen LogP contribution in [-0.4, -0.2) is 64.8 Å². The molecule has 1 N–H and O–H groups in total. The second-order valence-corrected chi connectivity index (χ2v) is 8.79. The zero-order chi connectivity index (χ0) is 22.7. The van der Waals surface area contributed by atoms with E-state index in [9.17, 15) is 4.79 Å². The van der Waals surface area contributed by atoms with E-state index in [2.05, 4.69) is 36.5 Å². The molecular weight excluding hydrogens is 545 g/mol. The van der Waals surface area contributed by atoms with Gasteiger partial charge in [0, 0.05) is 60.7 Å². The van der Waals surface area contributed by atoms with E-state index in [-0.39, 0.29) is 5.91 Å². The molecule has 11 heteroatoms. The molecular formula is C21H24IN5O4S. The molecule has 1 aliphatic heterocycles. The highest BCUT2D eigenvalue weighted by atomic mass is 127. The van der Waals surface area contributed by atoms with Gasteiger partial charge in [0.15, 0.2) is 5.65 Å². The number of rotatable bonds is 7. The highest BCUT2D eigenvalue weighted by Gasteiger charge is 2.23. The molecule has 0 bridgehead atoms. The number of fused-ring (bicyclic) bond motifs is 1. The van der Waals surface area contributed by atoms with Gasteiger partial charge < -0.3 is 24.4 Å². The molecule has 1 amide bonds. The molecule has 1 saturated heterocycles. The Morgan fingerprint density at radius 3 is 2.75 bits per heavy atom. The maximum atomic E-state index is 13.0. The van der Waals surface area contributed by atoms with Crippen molar-refractivity contribution in [1.29, 1.82) is 0 Å². The molecule has 0 aliphatic carbocycles. The van der Waals surface area contributed by atoms with Gasteiger partial charge in [-0.2, -0.15) is 9.97 Å². The van der Waals surface area contributed by atoms with Gasteiger partial charge in [-0.15, -0.1) is 0 Å². The van der Waals surface area contributed by atoms with Crippen LogP contribution in [0.5, 0.6) is 11.6 Å². The van der Waals surface area contributed by atoms with Crippen molar-refractivity contribution in [2.24, 2.45) is 0 Å². The molecule has 0 saturated carbocycles. The number of hydrogen-bond donors (Lipinski definition) is 1. The fourth-order valence-corrected chi connectivity index (χ4v) is 4.93. The van der Waals surface area contributed by atoms with E-state index in [4.69, 9.17) is 14.2 Å². The predicted octanol–water partition coefficient (Wildman–Crippen LogP) is 4.21. The number of ether oxygens (including phenoxy) is 3. The van der Waals surface area contributed by atoms with E-state index in [1.54, 1.807) is 12.0 Å². The number of nitrogens with one attached hydrogen (secondary N) is 1. The molecule has 1 aromatic carbocycles. The van der Waals surface area contributed by atoms with E-state index in [0.717, 1.165) is 16.6 Å². The van der Waals surface area contributed by atoms with E-state index in [1.807, 2.05) is 42.2 Å². The number of morpholine rings is 1. The van der Waals surface area contributed by atoms with Crippen LogP contribution in [0, 0.1) is 6.92 Å². The molecule has 4 rings (SSSR count). The van der Waals surface area contributed by atoms with Gasteiger partial charge in [-0.3, -0.25) is 8.77 Å². The quantitative estimate of drug-likeness (QED) is 0.424. The molecule has 0 atom stereocenters. The van der Waals surface area contributed by atoms with E-state index >= 15 is 0 Å². The summed E-state index contributed by atoms with van der Waals surface area (Å²) in [7, 11) is 3.10. The number of aromatic nitrogens is 3. The van der Waals surface area contributed by atoms with E-state index < -0.39 is 0 Å². The molecule has 2 aromatic heterocycles. The van der Waals surface area contributed by atoms with Gasteiger partial charge in [0.25, 0.3) is 5.91 Å². The van der Waals surface area contributed by atoms with E-state index in [0.29, 0.717) is 61.7 Å². The smallest absolute Gasteiger partial charge is 0.254 e. The Kier molecular flexibility index (Phi) is 7.26. The zero-order valence-corrected chi connectivity index (χ0v) is 21.0. The van der Waals surface area contributed by atoms with Crippen molar-refractivity contribution in [2.45, 2.75) is 13.8 Å². The van der Waals surface area contributed by atoms with Crippen molar-refractivity contribution in [3.05, 3.63) is 35.5 Å². The zero-order valence-electron chi connectivity index (χ0n) is 18.1. The lowest BCUT2D eigenvalue weighted by atomic mass is 10.0. The first-order valence-corrected chi connectivity index (χ1v) is 13.5. The monoisotopic (exact) mass is 569 g/mol. The predicted molar refractivity (Wildman–Crippen MR) is 133 cm³/mol. The number of benzene rings is 1. The maximum absolute atomic E-state index is 13.0. The number of hydrogen-bond acceptors (Lipinski definition) is 8. The molecule has 0 unspecified atom stereocenters. The Labute approximate surface area is 202 Å². The van der Waals surface area contributed by atoms with Crippen LogP contribution in [0.4, 0.5) is 11.6 Å². The summed E-state index contributed by atoms with van der Waals surface area (Å²) in [5.41, 5.74) is 2.79. The molecule has 9 nitrogen and oxygen atoms in total. The fraction of sp³-hybridized carbons (Fsp3) is 0.381. The molecule has 3 aromatic rings. The average Bonchev–Trinajstić information content (AvgIpc) is 3.23. The third kappa shape index (κ3) is 4.46. The lowest BCUT2D eigenvalue weighted by molar-refractivity contribution is 0.0302. The fourth-order valence-electron chi connectivity index (χ4n) is 3.66. The van der Waals surface area contributed by atoms with Crippen LogP contribution in [0.3, 0.4) is 0 Å². The van der Waals surface area contributed by atoms with Crippen LogP contribution in [0.2, 0.25) is 0 Å². The van der Waals surface area contributed by atoms with Crippen molar-refractivity contribution in [3.63, 3.8) is 0 Å². The second-order valence-electron chi connectivity index (χ2n) is 7.08. The van der Waals surface area contributed by atoms with Crippen molar-refractivity contribution in [2.75, 3.05) is 45.3 Å². The maximum Gasteiger partial charge on any atom is 0.254 e. The summed E-state index contributed by atoms with van der Waals surface area (Å²) >= 11 is 2.20. The first kappa shape index (κ1) is 22.9. The Morgan fingerprint density at radius 1 is 1.28 bits per heavy atom. The summed E-state index contributed by atoms with van der Waals surface area (Å²) in [5, 5.41) is 4.09. The van der Waals surface area contributed by atoms with Gasteiger partial charge in [-0.1, -0.05) is 0 Å². The third-order valence-electron chi connectivity index (χ3n) is 5.22. The number of methoxy groups -OCH3 is 1. The molecule has 32 heavy (non-hydrogen) atoms. The van der Waals surface area contributed by atoms with Crippen molar-refractivity contribution in [1.82, 2.24) is 18.8 Å². The summed E-state index contributed by atoms with van der Waals surface area (Å²) in [4.78, 5) is 24.0. The van der Waals surface area contributed by atoms with Gasteiger partial charge in [0.1, 0.15) is 5.75 Å². The summed E-state index contributed by atoms with van der Waals surface area (Å²) in [6.07, 6.45) is 1.93. The van der Waals surface area contributed by atoms with Crippen LogP contribution in [-0.2, 0) is 4.74 Å². The standard InChI is InChI=1S/C21H24IN5O4S/c1-4-31-19-15-7-8-27(32-22)18(15)24-21(25-19)23-16-6-5-14(13(2)17(16)29-3)20(28)26-9-11-30-12-10-26/h5-8H,4,9-12H2,1-3H3,(H,23,24,25). The summed E-state index contributed by atoms with van der Waals surface area (Å²) in [6.45, 7) is 6.58. The van der Waals surface area contributed by atoms with Crippen LogP contribution >= 0.6 is 30.3 Å². The van der Waals surface area contributed by atoms with Crippen LogP contribution in [0.25, 0.3) is 11.0 Å². The Morgan fingerprint density at radius 2 is 2.06 bits per heavy atom. The summed E-state index contributed by atoms with van der Waals surface area (Å²) in [6, 6.07) is 5.56. The molecule has 0 radical (unpaired) electrons. The third-order valence-corrected chi connectivity index (χ3v) is 6.93. The minimum Gasteiger partial charge on any atom is -0.494 e. The van der Waals surface area contributed by atoms with Gasteiger partial charge in [0.2, 0.25) is 11.8 Å². The number of amides is 1. The largest absolute Gasteiger partial charge is 0.494 e. The Bertz CT molecular complexity index is 1130. The van der Waals surface area contributed by atoms with Crippen molar-refractivity contribution < 1.29 is 19.0 Å². The number of anilines is 2. The molecule has 1 fully saturated rings. The van der Waals surface area contributed by atoms with Crippen LogP contribution in [0.1, 0.15) is 22.8 Å². The van der Waals surface area contributed by atoms with E-state index in [1.165, 1.54) is 9.12 Å². The summed E-state index contributed by atoms with van der Waals surface area (Å²) in [5.74, 6) is 1.45. The summed E-state index contributed by atoms with van der Waals surface area (Å²) < 4.78 is 18.7. The minimum absolute atomic E-state index is 0.0242. The first-order chi connectivity index (χ1) is 15.6. The Balaban J connectivity index is 1.69. The normalized spacial score (nSPS) is 13.9. The van der Waals surface area contributed by atoms with Crippen LogP contribution in [0.15, 0.2) is 24.4 Å². The molecule has 3 heterocycles. The van der Waals surface area contributed by atoms with Crippen molar-refractivity contribution in [3.8, 4) is 11.6 Å². The Hall–Kier alpha value is -2.25. The molecule has 1 aliphatic rings. The number of carbonyl (C=O) groups excluding carboxylic acids is 1. The van der Waals surface area contributed by atoms with Gasteiger partial charge in [-0.05, 0) is 32.0 Å².